The maximum Gasteiger partial charge on any atom is 0.492 e. The van der Waals surface area contributed by atoms with E-state index in [1.54, 1.807) is 19.1 Å². The minimum atomic E-state index is -1.08. The van der Waals surface area contributed by atoms with Crippen LogP contribution in [0.2, 0.25) is 0 Å². The van der Waals surface area contributed by atoms with Crippen molar-refractivity contribution in [1.29, 1.82) is 0 Å². The molecule has 1 amide bonds. The van der Waals surface area contributed by atoms with Crippen molar-refractivity contribution >= 4 is 24.5 Å². The average Bonchev–Trinajstić information content (AvgIpc) is 3.01. The zero-order valence-electron chi connectivity index (χ0n) is 14.4. The molecule has 0 atom stereocenters. The predicted molar refractivity (Wildman–Crippen MR) is 92.1 cm³/mol. The molecule has 2 N–H and O–H groups in total. The highest BCUT2D eigenvalue weighted by Gasteiger charge is 2.31. The molecular formula is C18H16BF2NO5. The molecule has 0 radical (unpaired) electrons. The molecule has 0 saturated carbocycles. The zero-order chi connectivity index (χ0) is 19.6. The number of carbonyl (C=O) groups is 2. The van der Waals surface area contributed by atoms with Gasteiger partial charge in [-0.25, -0.2) is 8.78 Å². The lowest BCUT2D eigenvalue weighted by atomic mass is 9.75. The number of rotatable bonds is 5. The lowest BCUT2D eigenvalue weighted by Gasteiger charge is -2.11. The molecule has 0 bridgehead atoms. The van der Waals surface area contributed by atoms with Crippen LogP contribution in [0, 0.1) is 18.6 Å². The Bertz CT molecular complexity index is 906. The normalized spacial score (nSPS) is 12.7. The lowest BCUT2D eigenvalue weighted by molar-refractivity contribution is -0.143. The van der Waals surface area contributed by atoms with Crippen LogP contribution in [0.15, 0.2) is 30.3 Å². The maximum atomic E-state index is 13.5. The number of fused-ring (bicyclic) bond motifs is 1. The Morgan fingerprint density at radius 3 is 2.81 bits per heavy atom. The summed E-state index contributed by atoms with van der Waals surface area (Å²) in [5, 5.41) is 12.2. The Kier molecular flexibility index (Phi) is 5.52. The molecule has 9 heteroatoms. The molecule has 0 unspecified atom stereocenters. The Labute approximate surface area is 154 Å². The van der Waals surface area contributed by atoms with Crippen molar-refractivity contribution in [3.05, 3.63) is 64.2 Å². The Morgan fingerprint density at radius 2 is 2.07 bits per heavy atom. The molecule has 140 valence electrons. The molecule has 0 aromatic heterocycles. The van der Waals surface area contributed by atoms with E-state index in [0.717, 1.165) is 11.6 Å². The summed E-state index contributed by atoms with van der Waals surface area (Å²) >= 11 is 0. The first-order valence-corrected chi connectivity index (χ1v) is 8.16. The maximum absolute atomic E-state index is 13.5. The number of halogens is 2. The third-order valence-electron chi connectivity index (χ3n) is 4.29. The average molecular weight is 375 g/mol. The van der Waals surface area contributed by atoms with Crippen molar-refractivity contribution in [2.45, 2.75) is 20.1 Å². The van der Waals surface area contributed by atoms with Crippen LogP contribution in [0.1, 0.15) is 27.0 Å². The van der Waals surface area contributed by atoms with E-state index in [9.17, 15) is 23.4 Å². The lowest BCUT2D eigenvalue weighted by Crippen LogP contribution is -2.35. The van der Waals surface area contributed by atoms with Crippen LogP contribution < -0.4 is 10.8 Å². The molecule has 0 spiro atoms. The van der Waals surface area contributed by atoms with Gasteiger partial charge in [-0.3, -0.25) is 9.59 Å². The quantitative estimate of drug-likeness (QED) is 0.601. The SMILES string of the molecule is Cc1c(C(=O)NCC(=O)OCc2ccc(F)cc2F)ccc2c1B(O)OC2. The second kappa shape index (κ2) is 7.85. The van der Waals surface area contributed by atoms with Crippen LogP contribution in [-0.4, -0.2) is 30.6 Å². The predicted octanol–water partition coefficient (Wildman–Crippen LogP) is 0.964. The molecule has 2 aromatic carbocycles. The van der Waals surface area contributed by atoms with Gasteiger partial charge in [0.25, 0.3) is 5.91 Å². The molecule has 6 nitrogen and oxygen atoms in total. The molecule has 1 heterocycles. The van der Waals surface area contributed by atoms with Gasteiger partial charge >= 0.3 is 13.1 Å². The van der Waals surface area contributed by atoms with Gasteiger partial charge in [0.1, 0.15) is 24.8 Å². The van der Waals surface area contributed by atoms with Crippen LogP contribution in [-0.2, 0) is 27.4 Å². The van der Waals surface area contributed by atoms with E-state index in [-0.39, 0.29) is 18.8 Å². The summed E-state index contributed by atoms with van der Waals surface area (Å²) in [6.07, 6.45) is 0. The molecular weight excluding hydrogens is 359 g/mol. The van der Waals surface area contributed by atoms with Gasteiger partial charge in [-0.05, 0) is 41.7 Å². The standard InChI is InChI=1S/C18H16BF2NO5/c1-10-14(5-3-12-9-27-19(25)17(10)12)18(24)22-7-16(23)26-8-11-2-4-13(20)6-15(11)21/h2-6,25H,7-9H2,1H3,(H,22,24). The van der Waals surface area contributed by atoms with Crippen molar-refractivity contribution in [2.75, 3.05) is 6.54 Å². The third kappa shape index (κ3) is 4.15. The van der Waals surface area contributed by atoms with Crippen molar-refractivity contribution in [2.24, 2.45) is 0 Å². The van der Waals surface area contributed by atoms with Gasteiger partial charge in [0.2, 0.25) is 0 Å². The molecule has 2 aromatic rings. The molecule has 1 aliphatic heterocycles. The highest BCUT2D eigenvalue weighted by atomic mass is 19.1. The van der Waals surface area contributed by atoms with E-state index in [1.807, 2.05) is 0 Å². The summed E-state index contributed by atoms with van der Waals surface area (Å²) in [6.45, 7) is 1.16. The van der Waals surface area contributed by atoms with Crippen molar-refractivity contribution in [3.8, 4) is 0 Å². The van der Waals surface area contributed by atoms with Gasteiger partial charge in [0, 0.05) is 17.2 Å². The monoisotopic (exact) mass is 375 g/mol. The van der Waals surface area contributed by atoms with Gasteiger partial charge in [-0.1, -0.05) is 6.07 Å². The highest BCUT2D eigenvalue weighted by Crippen LogP contribution is 2.16. The molecule has 1 aliphatic rings. The summed E-state index contributed by atoms with van der Waals surface area (Å²) in [5.74, 6) is -2.83. The first kappa shape index (κ1) is 19.0. The largest absolute Gasteiger partial charge is 0.492 e. The van der Waals surface area contributed by atoms with Gasteiger partial charge < -0.3 is 19.7 Å². The Hall–Kier alpha value is -2.78. The number of ether oxygens (including phenoxy) is 1. The van der Waals surface area contributed by atoms with Crippen molar-refractivity contribution in [3.63, 3.8) is 0 Å². The topological polar surface area (TPSA) is 84.9 Å². The molecule has 0 aliphatic carbocycles. The summed E-state index contributed by atoms with van der Waals surface area (Å²) in [7, 11) is -1.08. The molecule has 0 fully saturated rings. The van der Waals surface area contributed by atoms with Gasteiger partial charge in [-0.2, -0.15) is 0 Å². The van der Waals surface area contributed by atoms with Crippen molar-refractivity contribution in [1.82, 2.24) is 5.32 Å². The fraction of sp³-hybridized carbons (Fsp3) is 0.222. The number of nitrogens with one attached hydrogen (secondary N) is 1. The van der Waals surface area contributed by atoms with E-state index in [4.69, 9.17) is 9.39 Å². The zero-order valence-corrected chi connectivity index (χ0v) is 14.4. The second-order valence-corrected chi connectivity index (χ2v) is 6.05. The number of amides is 1. The fourth-order valence-electron chi connectivity index (χ4n) is 2.85. The van der Waals surface area contributed by atoms with Crippen LogP contribution >= 0.6 is 0 Å². The summed E-state index contributed by atoms with van der Waals surface area (Å²) in [6, 6.07) is 6.20. The Balaban J connectivity index is 1.56. The van der Waals surface area contributed by atoms with Crippen molar-refractivity contribution < 1.29 is 32.8 Å². The smallest absolute Gasteiger partial charge is 0.459 e. The number of hydrogen-bond acceptors (Lipinski definition) is 5. The number of hydrogen-bond donors (Lipinski definition) is 2. The summed E-state index contributed by atoms with van der Waals surface area (Å²) < 4.78 is 36.3. The van der Waals surface area contributed by atoms with E-state index in [1.165, 1.54) is 6.07 Å². The van der Waals surface area contributed by atoms with Crippen LogP contribution in [0.5, 0.6) is 0 Å². The third-order valence-corrected chi connectivity index (χ3v) is 4.29. The van der Waals surface area contributed by atoms with Gasteiger partial charge in [-0.15, -0.1) is 0 Å². The molecule has 3 rings (SSSR count). The van der Waals surface area contributed by atoms with Gasteiger partial charge in [0.15, 0.2) is 0 Å². The number of benzene rings is 2. The number of carbonyl (C=O) groups excluding carboxylic acids is 2. The van der Waals surface area contributed by atoms with E-state index < -0.39 is 37.2 Å². The van der Waals surface area contributed by atoms with Crippen LogP contribution in [0.25, 0.3) is 0 Å². The molecule has 27 heavy (non-hydrogen) atoms. The summed E-state index contributed by atoms with van der Waals surface area (Å²) in [5.41, 5.74) is 2.25. The first-order chi connectivity index (χ1) is 12.9. The summed E-state index contributed by atoms with van der Waals surface area (Å²) in [4.78, 5) is 24.1. The van der Waals surface area contributed by atoms with E-state index in [2.05, 4.69) is 5.32 Å². The Morgan fingerprint density at radius 1 is 1.30 bits per heavy atom. The van der Waals surface area contributed by atoms with Gasteiger partial charge in [0.05, 0.1) is 6.61 Å². The van der Waals surface area contributed by atoms with E-state index in [0.29, 0.717) is 22.7 Å². The minimum Gasteiger partial charge on any atom is -0.459 e. The second-order valence-electron chi connectivity index (χ2n) is 6.05. The first-order valence-electron chi connectivity index (χ1n) is 8.16. The number of esters is 1. The fourth-order valence-corrected chi connectivity index (χ4v) is 2.85. The van der Waals surface area contributed by atoms with Crippen LogP contribution in [0.3, 0.4) is 0 Å². The molecule has 0 saturated heterocycles. The van der Waals surface area contributed by atoms with Crippen LogP contribution in [0.4, 0.5) is 8.78 Å². The minimum absolute atomic E-state index is 0.0273. The van der Waals surface area contributed by atoms with E-state index >= 15 is 0 Å². The highest BCUT2D eigenvalue weighted by molar-refractivity contribution is 6.62.